The largest absolute Gasteiger partial charge is 0.381 e. The number of rotatable bonds is 3. The first kappa shape index (κ1) is 11.4. The fourth-order valence-corrected chi connectivity index (χ4v) is 2.89. The van der Waals surface area contributed by atoms with Crippen LogP contribution in [-0.2, 0) is 9.47 Å². The van der Waals surface area contributed by atoms with Crippen LogP contribution in [0.2, 0.25) is 0 Å². The van der Waals surface area contributed by atoms with Gasteiger partial charge in [-0.25, -0.2) is 0 Å². The summed E-state index contributed by atoms with van der Waals surface area (Å²) < 4.78 is 11.5. The second-order valence-electron chi connectivity index (χ2n) is 4.77. The van der Waals surface area contributed by atoms with Crippen molar-refractivity contribution in [3.8, 4) is 0 Å². The molecule has 0 bridgehead atoms. The quantitative estimate of drug-likeness (QED) is 0.769. The van der Waals surface area contributed by atoms with Crippen molar-refractivity contribution >= 4 is 0 Å². The number of nitrogens with one attached hydrogen (secondary N) is 1. The van der Waals surface area contributed by atoms with Crippen LogP contribution in [0, 0.1) is 11.8 Å². The minimum absolute atomic E-state index is 0.437. The Balaban J connectivity index is 1.90. The Morgan fingerprint density at radius 1 is 1.20 bits per heavy atom. The number of hydrogen-bond donors (Lipinski definition) is 1. The molecule has 0 aromatic heterocycles. The van der Waals surface area contributed by atoms with E-state index in [2.05, 4.69) is 5.32 Å². The third-order valence-corrected chi connectivity index (χ3v) is 3.62. The van der Waals surface area contributed by atoms with Crippen molar-refractivity contribution in [3.63, 3.8) is 0 Å². The van der Waals surface area contributed by atoms with Crippen molar-refractivity contribution < 1.29 is 9.47 Å². The van der Waals surface area contributed by atoms with E-state index in [1.807, 2.05) is 7.05 Å². The first-order chi connectivity index (χ1) is 7.42. The van der Waals surface area contributed by atoms with Gasteiger partial charge < -0.3 is 14.8 Å². The second kappa shape index (κ2) is 5.83. The maximum atomic E-state index is 5.96. The van der Waals surface area contributed by atoms with E-state index < -0.39 is 0 Å². The molecule has 3 heteroatoms. The average Bonchev–Trinajstić information content (AvgIpc) is 2.31. The van der Waals surface area contributed by atoms with Crippen molar-refractivity contribution in [1.29, 1.82) is 0 Å². The molecule has 3 nitrogen and oxygen atoms in total. The maximum Gasteiger partial charge on any atom is 0.0665 e. The molecular weight excluding hydrogens is 190 g/mol. The molecule has 2 aliphatic rings. The molecule has 88 valence electrons. The van der Waals surface area contributed by atoms with Gasteiger partial charge in [0.05, 0.1) is 12.7 Å². The summed E-state index contributed by atoms with van der Waals surface area (Å²) in [6, 6.07) is 0. The van der Waals surface area contributed by atoms with E-state index in [0.717, 1.165) is 26.4 Å². The Morgan fingerprint density at radius 2 is 2.07 bits per heavy atom. The van der Waals surface area contributed by atoms with Gasteiger partial charge in [0.1, 0.15) is 0 Å². The van der Waals surface area contributed by atoms with E-state index in [-0.39, 0.29) is 0 Å². The smallest absolute Gasteiger partial charge is 0.0665 e. The Kier molecular flexibility index (Phi) is 4.42. The molecule has 3 atom stereocenters. The Labute approximate surface area is 92.5 Å². The zero-order chi connectivity index (χ0) is 10.5. The molecule has 2 aliphatic heterocycles. The first-order valence-electron chi connectivity index (χ1n) is 6.25. The van der Waals surface area contributed by atoms with Crippen molar-refractivity contribution in [3.05, 3.63) is 0 Å². The highest BCUT2D eigenvalue weighted by Crippen LogP contribution is 2.30. The number of ether oxygens (including phenoxy) is 2. The van der Waals surface area contributed by atoms with Crippen molar-refractivity contribution in [2.75, 3.05) is 33.4 Å². The average molecular weight is 213 g/mol. The minimum atomic E-state index is 0.437. The Hall–Kier alpha value is -0.120. The fourth-order valence-electron chi connectivity index (χ4n) is 2.89. The molecule has 0 saturated carbocycles. The predicted molar refractivity (Wildman–Crippen MR) is 59.9 cm³/mol. The fraction of sp³-hybridized carbons (Fsp3) is 1.00. The lowest BCUT2D eigenvalue weighted by Crippen LogP contribution is -2.43. The van der Waals surface area contributed by atoms with E-state index >= 15 is 0 Å². The molecule has 0 spiro atoms. The molecule has 0 aliphatic carbocycles. The molecule has 2 heterocycles. The van der Waals surface area contributed by atoms with Crippen LogP contribution in [0.4, 0.5) is 0 Å². The van der Waals surface area contributed by atoms with Gasteiger partial charge in [-0.05, 0) is 38.6 Å². The van der Waals surface area contributed by atoms with Gasteiger partial charge in [0.15, 0.2) is 0 Å². The van der Waals surface area contributed by atoms with Gasteiger partial charge in [-0.2, -0.15) is 0 Å². The summed E-state index contributed by atoms with van der Waals surface area (Å²) in [5.74, 6) is 1.33. The topological polar surface area (TPSA) is 30.5 Å². The molecule has 1 N–H and O–H groups in total. The third-order valence-electron chi connectivity index (χ3n) is 3.62. The van der Waals surface area contributed by atoms with Gasteiger partial charge in [0, 0.05) is 25.7 Å². The molecule has 0 radical (unpaired) electrons. The lowest BCUT2D eigenvalue weighted by Gasteiger charge is -2.38. The normalized spacial score (nSPS) is 37.8. The van der Waals surface area contributed by atoms with Crippen LogP contribution in [-0.4, -0.2) is 39.5 Å². The van der Waals surface area contributed by atoms with Crippen molar-refractivity contribution in [2.45, 2.75) is 31.8 Å². The zero-order valence-corrected chi connectivity index (χ0v) is 9.71. The predicted octanol–water partition coefficient (Wildman–Crippen LogP) is 1.43. The van der Waals surface area contributed by atoms with Crippen LogP contribution < -0.4 is 5.32 Å². The second-order valence-corrected chi connectivity index (χ2v) is 4.77. The van der Waals surface area contributed by atoms with E-state index in [1.54, 1.807) is 0 Å². The SMILES string of the molecule is CNCC1CCCOC1C1CCCOC1. The summed E-state index contributed by atoms with van der Waals surface area (Å²) in [6.45, 7) is 3.88. The first-order valence-corrected chi connectivity index (χ1v) is 6.25. The van der Waals surface area contributed by atoms with Gasteiger partial charge in [0.25, 0.3) is 0 Å². The molecular formula is C12H23NO2. The van der Waals surface area contributed by atoms with Crippen molar-refractivity contribution in [1.82, 2.24) is 5.32 Å². The summed E-state index contributed by atoms with van der Waals surface area (Å²) in [5, 5.41) is 3.29. The Morgan fingerprint density at radius 3 is 2.80 bits per heavy atom. The van der Waals surface area contributed by atoms with E-state index in [1.165, 1.54) is 25.7 Å². The molecule has 2 rings (SSSR count). The van der Waals surface area contributed by atoms with Gasteiger partial charge >= 0.3 is 0 Å². The van der Waals surface area contributed by atoms with Gasteiger partial charge in [-0.15, -0.1) is 0 Å². The van der Waals surface area contributed by atoms with Gasteiger partial charge in [-0.1, -0.05) is 0 Å². The highest BCUT2D eigenvalue weighted by Gasteiger charge is 2.33. The standard InChI is InChI=1S/C12H23NO2/c1-13-8-10-4-3-7-15-12(10)11-5-2-6-14-9-11/h10-13H,2-9H2,1H3. The van der Waals surface area contributed by atoms with Gasteiger partial charge in [0.2, 0.25) is 0 Å². The van der Waals surface area contributed by atoms with Crippen LogP contribution >= 0.6 is 0 Å². The maximum absolute atomic E-state index is 5.96. The summed E-state index contributed by atoms with van der Waals surface area (Å²) in [7, 11) is 2.03. The molecule has 0 amide bonds. The van der Waals surface area contributed by atoms with Crippen LogP contribution in [0.15, 0.2) is 0 Å². The highest BCUT2D eigenvalue weighted by molar-refractivity contribution is 4.83. The minimum Gasteiger partial charge on any atom is -0.381 e. The zero-order valence-electron chi connectivity index (χ0n) is 9.71. The summed E-state index contributed by atoms with van der Waals surface area (Å²) in [5.41, 5.74) is 0. The van der Waals surface area contributed by atoms with Crippen LogP contribution in [0.1, 0.15) is 25.7 Å². The summed E-state index contributed by atoms with van der Waals surface area (Å²) in [6.07, 6.45) is 5.45. The van der Waals surface area contributed by atoms with E-state index in [9.17, 15) is 0 Å². The molecule has 2 saturated heterocycles. The van der Waals surface area contributed by atoms with E-state index in [4.69, 9.17) is 9.47 Å². The lowest BCUT2D eigenvalue weighted by atomic mass is 9.83. The summed E-state index contributed by atoms with van der Waals surface area (Å²) in [4.78, 5) is 0. The van der Waals surface area contributed by atoms with Crippen LogP contribution in [0.25, 0.3) is 0 Å². The van der Waals surface area contributed by atoms with Crippen LogP contribution in [0.5, 0.6) is 0 Å². The van der Waals surface area contributed by atoms with E-state index in [0.29, 0.717) is 17.9 Å². The highest BCUT2D eigenvalue weighted by atomic mass is 16.5. The van der Waals surface area contributed by atoms with Crippen LogP contribution in [0.3, 0.4) is 0 Å². The van der Waals surface area contributed by atoms with Gasteiger partial charge in [-0.3, -0.25) is 0 Å². The monoisotopic (exact) mass is 213 g/mol. The molecule has 0 aromatic carbocycles. The van der Waals surface area contributed by atoms with Crippen molar-refractivity contribution in [2.24, 2.45) is 11.8 Å². The number of hydrogen-bond acceptors (Lipinski definition) is 3. The molecule has 15 heavy (non-hydrogen) atoms. The molecule has 3 unspecified atom stereocenters. The summed E-state index contributed by atoms with van der Waals surface area (Å²) >= 11 is 0. The lowest BCUT2D eigenvalue weighted by molar-refractivity contribution is -0.0948. The third kappa shape index (κ3) is 2.92. The molecule has 0 aromatic rings. The molecule has 2 fully saturated rings. The Bertz CT molecular complexity index is 168.